The summed E-state index contributed by atoms with van der Waals surface area (Å²) in [5, 5.41) is 9.45. The van der Waals surface area contributed by atoms with E-state index in [1.807, 2.05) is 18.2 Å². The molecule has 0 saturated carbocycles. The standard InChI is InChI=1S/C11H12O3/c12-9-5-14-11(9)8-3-1-2-7(4-8)10-6-13-10/h1-4,9-12H,5-6H2/t9?,10-,11?/m1/s1. The Morgan fingerprint density at radius 1 is 1.14 bits per heavy atom. The monoisotopic (exact) mass is 192 g/mol. The van der Waals surface area contributed by atoms with Gasteiger partial charge < -0.3 is 14.6 Å². The first kappa shape index (κ1) is 8.41. The van der Waals surface area contributed by atoms with E-state index in [0.29, 0.717) is 6.61 Å². The third-order valence-electron chi connectivity index (χ3n) is 2.74. The molecule has 74 valence electrons. The maximum absolute atomic E-state index is 9.45. The van der Waals surface area contributed by atoms with Crippen molar-refractivity contribution in [3.05, 3.63) is 35.4 Å². The Morgan fingerprint density at radius 3 is 2.50 bits per heavy atom. The van der Waals surface area contributed by atoms with Gasteiger partial charge in [-0.25, -0.2) is 0 Å². The zero-order chi connectivity index (χ0) is 9.54. The van der Waals surface area contributed by atoms with Crippen molar-refractivity contribution in [3.63, 3.8) is 0 Å². The first-order valence-corrected chi connectivity index (χ1v) is 4.86. The molecule has 0 aromatic heterocycles. The molecule has 0 aliphatic carbocycles. The number of aliphatic hydroxyl groups excluding tert-OH is 1. The number of aliphatic hydroxyl groups is 1. The molecule has 3 rings (SSSR count). The summed E-state index contributed by atoms with van der Waals surface area (Å²) in [7, 11) is 0. The van der Waals surface area contributed by atoms with E-state index in [2.05, 4.69) is 6.07 Å². The molecular formula is C11H12O3. The predicted octanol–water partition coefficient (Wildman–Crippen LogP) is 1.19. The SMILES string of the molecule is OC1COC1c1cccc([C@H]2CO2)c1. The van der Waals surface area contributed by atoms with Crippen molar-refractivity contribution in [3.8, 4) is 0 Å². The Bertz CT molecular complexity index is 346. The van der Waals surface area contributed by atoms with Gasteiger partial charge in [-0.3, -0.25) is 0 Å². The summed E-state index contributed by atoms with van der Waals surface area (Å²) < 4.78 is 10.5. The van der Waals surface area contributed by atoms with Crippen LogP contribution in [0.2, 0.25) is 0 Å². The molecule has 0 amide bonds. The van der Waals surface area contributed by atoms with Crippen LogP contribution >= 0.6 is 0 Å². The zero-order valence-corrected chi connectivity index (χ0v) is 7.72. The highest BCUT2D eigenvalue weighted by atomic mass is 16.6. The van der Waals surface area contributed by atoms with Gasteiger partial charge in [0.1, 0.15) is 18.3 Å². The number of hydrogen-bond donors (Lipinski definition) is 1. The van der Waals surface area contributed by atoms with Crippen LogP contribution in [-0.4, -0.2) is 24.4 Å². The Kier molecular flexibility index (Phi) is 1.83. The topological polar surface area (TPSA) is 42.0 Å². The molecule has 2 aliphatic heterocycles. The van der Waals surface area contributed by atoms with Crippen molar-refractivity contribution < 1.29 is 14.6 Å². The molecule has 1 aromatic rings. The molecule has 3 nitrogen and oxygen atoms in total. The summed E-state index contributed by atoms with van der Waals surface area (Å²) in [6.07, 6.45) is -0.203. The van der Waals surface area contributed by atoms with Crippen LogP contribution in [-0.2, 0) is 9.47 Å². The molecule has 3 atom stereocenters. The van der Waals surface area contributed by atoms with Crippen molar-refractivity contribution in [2.24, 2.45) is 0 Å². The van der Waals surface area contributed by atoms with Gasteiger partial charge >= 0.3 is 0 Å². The van der Waals surface area contributed by atoms with Crippen LogP contribution in [0.1, 0.15) is 23.3 Å². The lowest BCUT2D eigenvalue weighted by Crippen LogP contribution is -2.37. The molecule has 2 heterocycles. The number of epoxide rings is 1. The third-order valence-corrected chi connectivity index (χ3v) is 2.74. The summed E-state index contributed by atoms with van der Waals surface area (Å²) in [4.78, 5) is 0. The largest absolute Gasteiger partial charge is 0.388 e. The van der Waals surface area contributed by atoms with Crippen LogP contribution in [0.15, 0.2) is 24.3 Å². The molecule has 1 aromatic carbocycles. The summed E-state index contributed by atoms with van der Waals surface area (Å²) in [6, 6.07) is 8.08. The molecular weight excluding hydrogens is 180 g/mol. The van der Waals surface area contributed by atoms with Crippen molar-refractivity contribution in [1.82, 2.24) is 0 Å². The number of rotatable bonds is 2. The van der Waals surface area contributed by atoms with Crippen molar-refractivity contribution in [2.45, 2.75) is 18.3 Å². The first-order chi connectivity index (χ1) is 6.84. The van der Waals surface area contributed by atoms with E-state index in [-0.39, 0.29) is 18.3 Å². The average molecular weight is 192 g/mol. The van der Waals surface area contributed by atoms with Crippen LogP contribution in [0.5, 0.6) is 0 Å². The van der Waals surface area contributed by atoms with Gasteiger partial charge in [0.2, 0.25) is 0 Å². The summed E-state index contributed by atoms with van der Waals surface area (Å²) in [5.74, 6) is 0. The lowest BCUT2D eigenvalue weighted by molar-refractivity contribution is -0.165. The van der Waals surface area contributed by atoms with Crippen molar-refractivity contribution >= 4 is 0 Å². The van der Waals surface area contributed by atoms with Gasteiger partial charge in [0.15, 0.2) is 0 Å². The van der Waals surface area contributed by atoms with Gasteiger partial charge in [-0.05, 0) is 11.1 Å². The van der Waals surface area contributed by atoms with Crippen LogP contribution in [0.4, 0.5) is 0 Å². The molecule has 2 fully saturated rings. The molecule has 2 unspecified atom stereocenters. The lowest BCUT2D eigenvalue weighted by atomic mass is 9.98. The molecule has 3 heteroatoms. The maximum Gasteiger partial charge on any atom is 0.111 e. The van der Waals surface area contributed by atoms with Crippen molar-refractivity contribution in [2.75, 3.05) is 13.2 Å². The van der Waals surface area contributed by atoms with E-state index in [4.69, 9.17) is 9.47 Å². The summed E-state index contributed by atoms with van der Waals surface area (Å²) >= 11 is 0. The van der Waals surface area contributed by atoms with E-state index in [1.165, 1.54) is 5.56 Å². The molecule has 2 aliphatic rings. The fraction of sp³-hybridized carbons (Fsp3) is 0.455. The van der Waals surface area contributed by atoms with Crippen LogP contribution < -0.4 is 0 Å². The third kappa shape index (κ3) is 1.34. The van der Waals surface area contributed by atoms with E-state index in [1.54, 1.807) is 0 Å². The highest BCUT2D eigenvalue weighted by Gasteiger charge is 2.32. The molecule has 0 radical (unpaired) electrons. The highest BCUT2D eigenvalue weighted by molar-refractivity contribution is 5.29. The summed E-state index contributed by atoms with van der Waals surface area (Å²) in [5.41, 5.74) is 2.24. The van der Waals surface area contributed by atoms with Crippen molar-refractivity contribution in [1.29, 1.82) is 0 Å². The first-order valence-electron chi connectivity index (χ1n) is 4.86. The van der Waals surface area contributed by atoms with Crippen LogP contribution in [0.25, 0.3) is 0 Å². The minimum atomic E-state index is -0.342. The van der Waals surface area contributed by atoms with Gasteiger partial charge in [-0.15, -0.1) is 0 Å². The maximum atomic E-state index is 9.45. The lowest BCUT2D eigenvalue weighted by Gasteiger charge is -2.33. The minimum absolute atomic E-state index is 0.131. The Labute approximate surface area is 82.3 Å². The molecule has 0 spiro atoms. The van der Waals surface area contributed by atoms with Gasteiger partial charge in [-0.2, -0.15) is 0 Å². The van der Waals surface area contributed by atoms with Crippen LogP contribution in [0, 0.1) is 0 Å². The molecule has 1 N–H and O–H groups in total. The van der Waals surface area contributed by atoms with Gasteiger partial charge in [0, 0.05) is 0 Å². The average Bonchev–Trinajstić information content (AvgIpc) is 2.99. The van der Waals surface area contributed by atoms with E-state index in [9.17, 15) is 5.11 Å². The number of benzene rings is 1. The highest BCUT2D eigenvalue weighted by Crippen LogP contribution is 2.34. The van der Waals surface area contributed by atoms with Gasteiger partial charge in [0.05, 0.1) is 13.2 Å². The second-order valence-electron chi connectivity index (χ2n) is 3.81. The van der Waals surface area contributed by atoms with Crippen LogP contribution in [0.3, 0.4) is 0 Å². The fourth-order valence-corrected chi connectivity index (χ4v) is 1.77. The number of ether oxygens (including phenoxy) is 2. The molecule has 2 saturated heterocycles. The normalized spacial score (nSPS) is 35.1. The van der Waals surface area contributed by atoms with E-state index < -0.39 is 0 Å². The Hall–Kier alpha value is -0.900. The minimum Gasteiger partial charge on any atom is -0.388 e. The number of hydrogen-bond acceptors (Lipinski definition) is 3. The quantitative estimate of drug-likeness (QED) is 0.716. The second kappa shape index (κ2) is 3.05. The second-order valence-corrected chi connectivity index (χ2v) is 3.81. The van der Waals surface area contributed by atoms with E-state index >= 15 is 0 Å². The van der Waals surface area contributed by atoms with E-state index in [0.717, 1.165) is 12.2 Å². The Balaban J connectivity index is 1.86. The molecule has 14 heavy (non-hydrogen) atoms. The fourth-order valence-electron chi connectivity index (χ4n) is 1.77. The zero-order valence-electron chi connectivity index (χ0n) is 7.72. The van der Waals surface area contributed by atoms with Gasteiger partial charge in [0.25, 0.3) is 0 Å². The smallest absolute Gasteiger partial charge is 0.111 e. The van der Waals surface area contributed by atoms with Gasteiger partial charge in [-0.1, -0.05) is 24.3 Å². The molecule has 0 bridgehead atoms. The Morgan fingerprint density at radius 2 is 1.93 bits per heavy atom. The summed E-state index contributed by atoms with van der Waals surface area (Å²) in [6.45, 7) is 1.27. The predicted molar refractivity (Wildman–Crippen MR) is 49.8 cm³/mol.